The number of sulfonamides is 1. The van der Waals surface area contributed by atoms with Crippen LogP contribution >= 0.6 is 0 Å². The Balaban J connectivity index is 1.48. The van der Waals surface area contributed by atoms with E-state index < -0.39 is 10.0 Å². The maximum atomic E-state index is 12.5. The van der Waals surface area contributed by atoms with E-state index in [1.54, 1.807) is 12.1 Å². The van der Waals surface area contributed by atoms with Gasteiger partial charge in [0, 0.05) is 18.5 Å². The Hall–Kier alpha value is -1.44. The van der Waals surface area contributed by atoms with E-state index in [0.29, 0.717) is 24.8 Å². The quantitative estimate of drug-likeness (QED) is 0.726. The molecule has 2 fully saturated rings. The monoisotopic (exact) mass is 365 g/mol. The summed E-state index contributed by atoms with van der Waals surface area (Å²) in [5.74, 6) is 1.20. The fourth-order valence-electron chi connectivity index (χ4n) is 4.32. The number of carbonyl (C=O) groups is 1. The first kappa shape index (κ1) is 18.4. The zero-order chi connectivity index (χ0) is 18.0. The molecule has 1 aromatic carbocycles. The summed E-state index contributed by atoms with van der Waals surface area (Å²) in [5, 5.41) is 8.11. The van der Waals surface area contributed by atoms with Gasteiger partial charge in [-0.2, -0.15) is 0 Å². The van der Waals surface area contributed by atoms with E-state index in [0.717, 1.165) is 31.2 Å². The van der Waals surface area contributed by atoms with Crippen molar-refractivity contribution in [2.45, 2.75) is 49.5 Å². The van der Waals surface area contributed by atoms with Gasteiger partial charge in [-0.15, -0.1) is 0 Å². The largest absolute Gasteiger partial charge is 0.356 e. The van der Waals surface area contributed by atoms with Crippen molar-refractivity contribution in [2.75, 3.05) is 6.54 Å². The van der Waals surface area contributed by atoms with Crippen LogP contribution < -0.4 is 16.2 Å². The summed E-state index contributed by atoms with van der Waals surface area (Å²) in [6.45, 7) is 0.547. The van der Waals surface area contributed by atoms with Gasteiger partial charge >= 0.3 is 0 Å². The lowest BCUT2D eigenvalue weighted by molar-refractivity contribution is -0.127. The van der Waals surface area contributed by atoms with Gasteiger partial charge in [-0.3, -0.25) is 4.79 Å². The van der Waals surface area contributed by atoms with E-state index in [1.807, 2.05) is 0 Å². The highest BCUT2D eigenvalue weighted by molar-refractivity contribution is 7.89. The van der Waals surface area contributed by atoms with E-state index in [9.17, 15) is 13.2 Å². The minimum Gasteiger partial charge on any atom is -0.356 e. The summed E-state index contributed by atoms with van der Waals surface area (Å²) in [7, 11) is -3.66. The number of nitrogens with two attached hydrogens (primary N) is 2. The van der Waals surface area contributed by atoms with Crippen molar-refractivity contribution < 1.29 is 13.2 Å². The molecule has 25 heavy (non-hydrogen) atoms. The molecule has 0 aliphatic heterocycles. The number of amides is 1. The van der Waals surface area contributed by atoms with Crippen LogP contribution in [0.5, 0.6) is 0 Å². The minimum absolute atomic E-state index is 0.0832. The van der Waals surface area contributed by atoms with Crippen molar-refractivity contribution in [2.24, 2.45) is 28.6 Å². The number of carbonyl (C=O) groups excluding carboxylic acids is 1. The fraction of sp³-hybridized carbons (Fsp3) is 0.611. The first-order chi connectivity index (χ1) is 11.8. The maximum absolute atomic E-state index is 12.5. The highest BCUT2D eigenvalue weighted by atomic mass is 32.2. The number of nitrogens with one attached hydrogen (secondary N) is 1. The third-order valence-corrected chi connectivity index (χ3v) is 6.68. The highest BCUT2D eigenvalue weighted by Crippen LogP contribution is 2.41. The summed E-state index contributed by atoms with van der Waals surface area (Å²) in [4.78, 5) is 12.6. The third kappa shape index (κ3) is 4.40. The van der Waals surface area contributed by atoms with Gasteiger partial charge in [0.25, 0.3) is 0 Å². The molecule has 2 aliphatic rings. The zero-order valence-electron chi connectivity index (χ0n) is 14.4. The van der Waals surface area contributed by atoms with Gasteiger partial charge in [0.15, 0.2) is 0 Å². The Morgan fingerprint density at radius 3 is 2.28 bits per heavy atom. The van der Waals surface area contributed by atoms with E-state index in [2.05, 4.69) is 5.32 Å². The average molecular weight is 365 g/mol. The van der Waals surface area contributed by atoms with Crippen LogP contribution in [0.25, 0.3) is 0 Å². The van der Waals surface area contributed by atoms with Crippen LogP contribution in [0.2, 0.25) is 0 Å². The fourth-order valence-corrected chi connectivity index (χ4v) is 4.84. The molecule has 138 valence electrons. The Kier molecular flexibility index (Phi) is 5.46. The zero-order valence-corrected chi connectivity index (χ0v) is 15.2. The van der Waals surface area contributed by atoms with E-state index >= 15 is 0 Å². The molecule has 1 amide bonds. The normalized spacial score (nSPS) is 29.2. The molecule has 2 atom stereocenters. The predicted molar refractivity (Wildman–Crippen MR) is 96.1 cm³/mol. The molecule has 2 bridgehead atoms. The van der Waals surface area contributed by atoms with Crippen LogP contribution in [0, 0.1) is 17.8 Å². The first-order valence-corrected chi connectivity index (χ1v) is 10.5. The topological polar surface area (TPSA) is 115 Å². The Morgan fingerprint density at radius 1 is 1.12 bits per heavy atom. The molecule has 0 heterocycles. The predicted octanol–water partition coefficient (Wildman–Crippen LogP) is 1.15. The standard InChI is InChI=1S/C18H27N3O3S/c19-17-13-2-1-3-14(17)11-15(10-13)18(22)21-9-8-12-4-6-16(7-5-12)25(20,23)24/h4-7,13-15,17H,1-3,8-11,19H2,(H,21,22)(H2,20,23,24). The van der Waals surface area contributed by atoms with Crippen LogP contribution in [-0.4, -0.2) is 26.9 Å². The molecule has 2 aliphatic carbocycles. The maximum Gasteiger partial charge on any atom is 0.238 e. The summed E-state index contributed by atoms with van der Waals surface area (Å²) < 4.78 is 22.5. The second-order valence-corrected chi connectivity index (χ2v) is 8.99. The Labute approximate surface area is 149 Å². The van der Waals surface area contributed by atoms with E-state index in [1.165, 1.54) is 18.6 Å². The molecular formula is C18H27N3O3S. The summed E-state index contributed by atoms with van der Waals surface area (Å²) >= 11 is 0. The number of benzene rings is 1. The van der Waals surface area contributed by atoms with Crippen molar-refractivity contribution in [3.05, 3.63) is 29.8 Å². The van der Waals surface area contributed by atoms with Crippen molar-refractivity contribution in [1.29, 1.82) is 0 Å². The molecule has 7 heteroatoms. The van der Waals surface area contributed by atoms with Crippen molar-refractivity contribution in [3.63, 3.8) is 0 Å². The van der Waals surface area contributed by atoms with Gasteiger partial charge in [0.2, 0.25) is 15.9 Å². The average Bonchev–Trinajstić information content (AvgIpc) is 2.54. The summed E-state index contributed by atoms with van der Waals surface area (Å²) in [6, 6.07) is 6.73. The van der Waals surface area contributed by atoms with Crippen molar-refractivity contribution in [1.82, 2.24) is 5.32 Å². The molecule has 3 rings (SSSR count). The molecule has 0 aromatic heterocycles. The lowest BCUT2D eigenvalue weighted by Crippen LogP contribution is -2.49. The van der Waals surface area contributed by atoms with Crippen LogP contribution in [-0.2, 0) is 21.2 Å². The second kappa shape index (κ2) is 7.43. The number of rotatable bonds is 5. The molecule has 2 unspecified atom stereocenters. The van der Waals surface area contributed by atoms with Gasteiger partial charge in [-0.05, 0) is 61.6 Å². The second-order valence-electron chi connectivity index (χ2n) is 7.43. The molecule has 6 nitrogen and oxygen atoms in total. The molecule has 0 spiro atoms. The van der Waals surface area contributed by atoms with E-state index in [4.69, 9.17) is 10.9 Å². The molecular weight excluding hydrogens is 338 g/mol. The minimum atomic E-state index is -3.66. The number of primary sulfonamides is 1. The van der Waals surface area contributed by atoms with Crippen LogP contribution in [0.3, 0.4) is 0 Å². The first-order valence-electron chi connectivity index (χ1n) is 8.99. The van der Waals surface area contributed by atoms with Crippen molar-refractivity contribution in [3.8, 4) is 0 Å². The van der Waals surface area contributed by atoms with Crippen LogP contribution in [0.4, 0.5) is 0 Å². The lowest BCUT2D eigenvalue weighted by Gasteiger charge is -2.43. The SMILES string of the molecule is NC1C2CCCC1CC(C(=O)NCCc1ccc(S(N)(=O)=O)cc1)C2. The highest BCUT2D eigenvalue weighted by Gasteiger charge is 2.40. The molecule has 2 saturated carbocycles. The molecule has 1 aromatic rings. The summed E-state index contributed by atoms with van der Waals surface area (Å²) in [6.07, 6.45) is 6.02. The lowest BCUT2D eigenvalue weighted by atomic mass is 9.65. The number of hydrogen-bond donors (Lipinski definition) is 3. The number of hydrogen-bond acceptors (Lipinski definition) is 4. The van der Waals surface area contributed by atoms with E-state index in [-0.39, 0.29) is 22.8 Å². The molecule has 0 saturated heterocycles. The van der Waals surface area contributed by atoms with Gasteiger partial charge in [0.05, 0.1) is 4.90 Å². The smallest absolute Gasteiger partial charge is 0.238 e. The molecule has 5 N–H and O–H groups in total. The van der Waals surface area contributed by atoms with Gasteiger partial charge in [0.1, 0.15) is 0 Å². The number of fused-ring (bicyclic) bond motifs is 2. The Morgan fingerprint density at radius 2 is 1.72 bits per heavy atom. The van der Waals surface area contributed by atoms with Gasteiger partial charge in [-0.25, -0.2) is 13.6 Å². The Bertz CT molecular complexity index is 704. The molecule has 0 radical (unpaired) electrons. The van der Waals surface area contributed by atoms with Gasteiger partial charge < -0.3 is 11.1 Å². The summed E-state index contributed by atoms with van der Waals surface area (Å²) in [5.41, 5.74) is 7.25. The van der Waals surface area contributed by atoms with Crippen molar-refractivity contribution >= 4 is 15.9 Å². The van der Waals surface area contributed by atoms with Crippen LogP contribution in [0.15, 0.2) is 29.2 Å². The third-order valence-electron chi connectivity index (χ3n) is 5.75. The van der Waals surface area contributed by atoms with Crippen LogP contribution in [0.1, 0.15) is 37.7 Å². The van der Waals surface area contributed by atoms with Gasteiger partial charge in [-0.1, -0.05) is 18.6 Å².